The molecule has 1 aromatic heterocycles. The summed E-state index contributed by atoms with van der Waals surface area (Å²) in [6.45, 7) is 4.63. The van der Waals surface area contributed by atoms with Crippen LogP contribution in [0, 0.1) is 6.92 Å². The Morgan fingerprint density at radius 1 is 1.29 bits per heavy atom. The Hall–Kier alpha value is -2.36. The van der Waals surface area contributed by atoms with Gasteiger partial charge in [-0.2, -0.15) is 0 Å². The minimum atomic E-state index is -0.0491. The third-order valence-electron chi connectivity index (χ3n) is 3.39. The van der Waals surface area contributed by atoms with Crippen molar-refractivity contribution in [1.29, 1.82) is 0 Å². The van der Waals surface area contributed by atoms with Crippen molar-refractivity contribution >= 4 is 17.3 Å². The average molecular weight is 283 g/mol. The minimum Gasteiger partial charge on any atom is -0.397 e. The molecule has 21 heavy (non-hydrogen) atoms. The largest absolute Gasteiger partial charge is 0.397 e. The molecule has 0 radical (unpaired) electrons. The number of nitrogens with zero attached hydrogens (tertiary/aromatic N) is 2. The molecule has 1 amide bonds. The maximum absolute atomic E-state index is 12.9. The van der Waals surface area contributed by atoms with Gasteiger partial charge in [0.2, 0.25) is 0 Å². The molecule has 0 aliphatic carbocycles. The summed E-state index contributed by atoms with van der Waals surface area (Å²) in [4.78, 5) is 18.8. The van der Waals surface area contributed by atoms with Crippen LogP contribution in [0.3, 0.4) is 0 Å². The molecule has 0 aliphatic rings. The maximum Gasteiger partial charge on any atom is 0.260 e. The van der Waals surface area contributed by atoms with Gasteiger partial charge in [-0.05, 0) is 31.5 Å². The van der Waals surface area contributed by atoms with Crippen LogP contribution in [-0.4, -0.2) is 17.4 Å². The Kier molecular flexibility index (Phi) is 4.93. The van der Waals surface area contributed by atoms with Crippen molar-refractivity contribution in [3.63, 3.8) is 0 Å². The lowest BCUT2D eigenvalue weighted by Crippen LogP contribution is -2.32. The molecule has 2 rings (SSSR count). The zero-order valence-electron chi connectivity index (χ0n) is 12.5. The molecule has 4 nitrogen and oxygen atoms in total. The Labute approximate surface area is 125 Å². The number of aryl methyl sites for hydroxylation is 1. The molecule has 1 heterocycles. The summed E-state index contributed by atoms with van der Waals surface area (Å²) in [5.41, 5.74) is 8.44. The number of hydrogen-bond donors (Lipinski definition) is 1. The zero-order valence-corrected chi connectivity index (χ0v) is 12.5. The van der Waals surface area contributed by atoms with Crippen molar-refractivity contribution in [2.24, 2.45) is 0 Å². The fraction of sp³-hybridized carbons (Fsp3) is 0.294. The third kappa shape index (κ3) is 3.60. The predicted octanol–water partition coefficient (Wildman–Crippen LogP) is 3.42. The van der Waals surface area contributed by atoms with E-state index in [0.717, 1.165) is 18.5 Å². The van der Waals surface area contributed by atoms with E-state index in [0.29, 0.717) is 23.5 Å². The van der Waals surface area contributed by atoms with E-state index in [9.17, 15) is 4.79 Å². The van der Waals surface area contributed by atoms with E-state index in [1.807, 2.05) is 37.3 Å². The molecule has 0 saturated heterocycles. The smallest absolute Gasteiger partial charge is 0.260 e. The molecule has 0 fully saturated rings. The number of anilines is 2. The minimum absolute atomic E-state index is 0.0491. The third-order valence-corrected chi connectivity index (χ3v) is 3.39. The van der Waals surface area contributed by atoms with Gasteiger partial charge in [0.25, 0.3) is 5.91 Å². The zero-order chi connectivity index (χ0) is 15.2. The van der Waals surface area contributed by atoms with Gasteiger partial charge in [-0.3, -0.25) is 9.78 Å². The van der Waals surface area contributed by atoms with Gasteiger partial charge in [0.1, 0.15) is 0 Å². The lowest BCUT2D eigenvalue weighted by molar-refractivity contribution is 0.0985. The van der Waals surface area contributed by atoms with E-state index in [1.165, 1.54) is 0 Å². The number of unbranched alkanes of at least 4 members (excludes halogenated alkanes) is 1. The molecule has 4 heteroatoms. The first-order valence-corrected chi connectivity index (χ1v) is 7.22. The number of carbonyl (C=O) groups excluding carboxylic acids is 1. The van der Waals surface area contributed by atoms with Crippen LogP contribution < -0.4 is 10.6 Å². The highest BCUT2D eigenvalue weighted by atomic mass is 16.2. The fourth-order valence-electron chi connectivity index (χ4n) is 2.18. The maximum atomic E-state index is 12.9. The quantitative estimate of drug-likeness (QED) is 0.914. The lowest BCUT2D eigenvalue weighted by Gasteiger charge is -2.23. The van der Waals surface area contributed by atoms with Crippen molar-refractivity contribution in [2.45, 2.75) is 26.7 Å². The van der Waals surface area contributed by atoms with Crippen molar-refractivity contribution in [2.75, 3.05) is 17.2 Å². The molecular formula is C17H21N3O. The van der Waals surface area contributed by atoms with Gasteiger partial charge in [0, 0.05) is 12.2 Å². The van der Waals surface area contributed by atoms with Crippen LogP contribution in [0.1, 0.15) is 35.8 Å². The van der Waals surface area contributed by atoms with Gasteiger partial charge in [-0.25, -0.2) is 0 Å². The Morgan fingerprint density at radius 3 is 2.67 bits per heavy atom. The summed E-state index contributed by atoms with van der Waals surface area (Å²) in [5.74, 6) is -0.0491. The summed E-state index contributed by atoms with van der Waals surface area (Å²) >= 11 is 0. The Bertz CT molecular complexity index is 611. The second-order valence-corrected chi connectivity index (χ2v) is 5.05. The van der Waals surface area contributed by atoms with Crippen LogP contribution in [-0.2, 0) is 0 Å². The molecule has 2 aromatic rings. The highest BCUT2D eigenvalue weighted by molar-refractivity contribution is 6.07. The summed E-state index contributed by atoms with van der Waals surface area (Å²) in [7, 11) is 0. The highest BCUT2D eigenvalue weighted by Gasteiger charge is 2.19. The van der Waals surface area contributed by atoms with Crippen molar-refractivity contribution in [3.05, 3.63) is 53.9 Å². The predicted molar refractivity (Wildman–Crippen MR) is 86.4 cm³/mol. The van der Waals surface area contributed by atoms with Gasteiger partial charge < -0.3 is 10.6 Å². The normalized spacial score (nSPS) is 10.4. The van der Waals surface area contributed by atoms with Crippen molar-refractivity contribution in [1.82, 2.24) is 4.98 Å². The first-order chi connectivity index (χ1) is 10.1. The summed E-state index contributed by atoms with van der Waals surface area (Å²) in [6.07, 6.45) is 3.56. The van der Waals surface area contributed by atoms with Crippen LogP contribution in [0.4, 0.5) is 11.4 Å². The molecule has 0 spiro atoms. The van der Waals surface area contributed by atoms with Gasteiger partial charge in [-0.15, -0.1) is 0 Å². The Morgan fingerprint density at radius 2 is 2.00 bits per heavy atom. The van der Waals surface area contributed by atoms with Gasteiger partial charge in [0.05, 0.1) is 23.1 Å². The van der Waals surface area contributed by atoms with E-state index in [2.05, 4.69) is 11.9 Å². The number of nitrogens with two attached hydrogens (primary N) is 1. The first-order valence-electron chi connectivity index (χ1n) is 7.22. The van der Waals surface area contributed by atoms with E-state index in [-0.39, 0.29) is 5.91 Å². The molecule has 110 valence electrons. The number of rotatable bonds is 5. The summed E-state index contributed by atoms with van der Waals surface area (Å²) < 4.78 is 0. The SMILES string of the molecule is CCCCN(C(=O)c1cc(N)cnc1C)c1ccccc1. The van der Waals surface area contributed by atoms with Crippen molar-refractivity contribution < 1.29 is 4.79 Å². The number of aromatic nitrogens is 1. The van der Waals surface area contributed by atoms with Gasteiger partial charge in [0.15, 0.2) is 0 Å². The van der Waals surface area contributed by atoms with E-state index < -0.39 is 0 Å². The van der Waals surface area contributed by atoms with Crippen LogP contribution in [0.25, 0.3) is 0 Å². The summed E-state index contributed by atoms with van der Waals surface area (Å²) in [5, 5.41) is 0. The summed E-state index contributed by atoms with van der Waals surface area (Å²) in [6, 6.07) is 11.4. The molecule has 0 bridgehead atoms. The number of amides is 1. The van der Waals surface area contributed by atoms with E-state index in [1.54, 1.807) is 17.2 Å². The monoisotopic (exact) mass is 283 g/mol. The van der Waals surface area contributed by atoms with Crippen LogP contribution in [0.2, 0.25) is 0 Å². The van der Waals surface area contributed by atoms with Crippen LogP contribution in [0.15, 0.2) is 42.6 Å². The number of pyridine rings is 1. The second-order valence-electron chi connectivity index (χ2n) is 5.05. The average Bonchev–Trinajstić information content (AvgIpc) is 2.51. The van der Waals surface area contributed by atoms with Crippen LogP contribution >= 0.6 is 0 Å². The number of para-hydroxylation sites is 1. The van der Waals surface area contributed by atoms with E-state index >= 15 is 0 Å². The van der Waals surface area contributed by atoms with E-state index in [4.69, 9.17) is 5.73 Å². The molecule has 0 atom stereocenters. The molecule has 1 aromatic carbocycles. The second kappa shape index (κ2) is 6.88. The Balaban J connectivity index is 2.36. The number of hydrogen-bond acceptors (Lipinski definition) is 3. The van der Waals surface area contributed by atoms with Gasteiger partial charge in [-0.1, -0.05) is 31.5 Å². The fourth-order valence-corrected chi connectivity index (χ4v) is 2.18. The molecule has 0 unspecified atom stereocenters. The van der Waals surface area contributed by atoms with Crippen LogP contribution in [0.5, 0.6) is 0 Å². The molecule has 0 aliphatic heterocycles. The highest BCUT2D eigenvalue weighted by Crippen LogP contribution is 2.20. The molecule has 0 saturated carbocycles. The molecular weight excluding hydrogens is 262 g/mol. The lowest BCUT2D eigenvalue weighted by atomic mass is 10.1. The number of carbonyl (C=O) groups is 1. The van der Waals surface area contributed by atoms with Gasteiger partial charge >= 0.3 is 0 Å². The topological polar surface area (TPSA) is 59.2 Å². The first kappa shape index (κ1) is 15.0. The number of nitrogen functional groups attached to an aromatic ring is 1. The molecule has 2 N–H and O–H groups in total. The standard InChI is InChI=1S/C17H21N3O/c1-3-4-10-20(15-8-6-5-7-9-15)17(21)16-11-14(18)12-19-13(16)2/h5-9,11-12H,3-4,10,18H2,1-2H3. The van der Waals surface area contributed by atoms with Crippen molar-refractivity contribution in [3.8, 4) is 0 Å². The number of benzene rings is 1.